The SMILES string of the molecule is C=CC1=C(CC)CC1. The van der Waals surface area contributed by atoms with Crippen LogP contribution in [0.1, 0.15) is 26.2 Å². The first kappa shape index (κ1) is 5.61. The second-order valence-electron chi connectivity index (χ2n) is 2.19. The van der Waals surface area contributed by atoms with Crippen LogP contribution in [0.4, 0.5) is 0 Å². The van der Waals surface area contributed by atoms with Crippen molar-refractivity contribution in [2.45, 2.75) is 26.2 Å². The van der Waals surface area contributed by atoms with Crippen LogP contribution < -0.4 is 0 Å². The molecule has 0 aromatic rings. The van der Waals surface area contributed by atoms with Crippen molar-refractivity contribution in [1.82, 2.24) is 0 Å². The molecule has 0 fully saturated rings. The van der Waals surface area contributed by atoms with Crippen molar-refractivity contribution in [3.63, 3.8) is 0 Å². The first-order valence-corrected chi connectivity index (χ1v) is 3.21. The van der Waals surface area contributed by atoms with Crippen molar-refractivity contribution >= 4 is 0 Å². The summed E-state index contributed by atoms with van der Waals surface area (Å²) >= 11 is 0. The third-order valence-corrected chi connectivity index (χ3v) is 1.82. The summed E-state index contributed by atoms with van der Waals surface area (Å²) in [5.41, 5.74) is 3.10. The molecule has 0 saturated heterocycles. The van der Waals surface area contributed by atoms with Crippen LogP contribution in [0, 0.1) is 0 Å². The van der Waals surface area contributed by atoms with Crippen LogP contribution in [0.3, 0.4) is 0 Å². The zero-order chi connectivity index (χ0) is 5.98. The van der Waals surface area contributed by atoms with E-state index >= 15 is 0 Å². The Kier molecular flexibility index (Phi) is 1.52. The molecular weight excluding hydrogens is 96.1 g/mol. The normalized spacial score (nSPS) is 18.1. The lowest BCUT2D eigenvalue weighted by Gasteiger charge is -2.19. The number of allylic oxidation sites excluding steroid dienone is 3. The predicted molar refractivity (Wildman–Crippen MR) is 36.7 cm³/mol. The number of hydrogen-bond donors (Lipinski definition) is 0. The Hall–Kier alpha value is -0.520. The third kappa shape index (κ3) is 0.706. The summed E-state index contributed by atoms with van der Waals surface area (Å²) in [6, 6.07) is 0. The van der Waals surface area contributed by atoms with E-state index in [9.17, 15) is 0 Å². The van der Waals surface area contributed by atoms with Crippen molar-refractivity contribution in [2.24, 2.45) is 0 Å². The van der Waals surface area contributed by atoms with Crippen LogP contribution in [-0.4, -0.2) is 0 Å². The van der Waals surface area contributed by atoms with Crippen molar-refractivity contribution in [1.29, 1.82) is 0 Å². The average Bonchev–Trinajstić information content (AvgIpc) is 1.66. The van der Waals surface area contributed by atoms with E-state index in [0.717, 1.165) is 0 Å². The second kappa shape index (κ2) is 2.17. The van der Waals surface area contributed by atoms with Crippen molar-refractivity contribution in [3.8, 4) is 0 Å². The highest BCUT2D eigenvalue weighted by atomic mass is 14.2. The molecule has 0 unspecified atom stereocenters. The summed E-state index contributed by atoms with van der Waals surface area (Å²) in [5, 5.41) is 0. The summed E-state index contributed by atoms with van der Waals surface area (Å²) < 4.78 is 0. The Bertz CT molecular complexity index is 129. The van der Waals surface area contributed by atoms with E-state index in [4.69, 9.17) is 0 Å². The van der Waals surface area contributed by atoms with Gasteiger partial charge in [-0.1, -0.05) is 25.2 Å². The first-order chi connectivity index (χ1) is 3.88. The molecule has 44 valence electrons. The van der Waals surface area contributed by atoms with E-state index in [0.29, 0.717) is 0 Å². The van der Waals surface area contributed by atoms with Gasteiger partial charge in [-0.25, -0.2) is 0 Å². The Balaban J connectivity index is 2.62. The minimum Gasteiger partial charge on any atom is -0.0988 e. The van der Waals surface area contributed by atoms with E-state index in [1.54, 1.807) is 5.57 Å². The van der Waals surface area contributed by atoms with E-state index in [-0.39, 0.29) is 0 Å². The average molecular weight is 108 g/mol. The predicted octanol–water partition coefficient (Wildman–Crippen LogP) is 2.67. The smallest absolute Gasteiger partial charge is 0.0242 e. The highest BCUT2D eigenvalue weighted by Gasteiger charge is 2.10. The van der Waals surface area contributed by atoms with Gasteiger partial charge in [0, 0.05) is 0 Å². The zero-order valence-corrected chi connectivity index (χ0v) is 5.41. The summed E-state index contributed by atoms with van der Waals surface area (Å²) in [6.07, 6.45) is 5.80. The van der Waals surface area contributed by atoms with Gasteiger partial charge in [0.1, 0.15) is 0 Å². The quantitative estimate of drug-likeness (QED) is 0.510. The zero-order valence-electron chi connectivity index (χ0n) is 5.41. The Morgan fingerprint density at radius 2 is 2.38 bits per heavy atom. The molecule has 1 aliphatic carbocycles. The molecule has 1 aliphatic rings. The molecule has 8 heavy (non-hydrogen) atoms. The van der Waals surface area contributed by atoms with Gasteiger partial charge in [0.15, 0.2) is 0 Å². The minimum atomic E-state index is 1.22. The molecule has 0 bridgehead atoms. The largest absolute Gasteiger partial charge is 0.0988 e. The van der Waals surface area contributed by atoms with Crippen LogP contribution >= 0.6 is 0 Å². The van der Waals surface area contributed by atoms with Crippen LogP contribution in [0.2, 0.25) is 0 Å². The number of rotatable bonds is 2. The van der Waals surface area contributed by atoms with Crippen molar-refractivity contribution < 1.29 is 0 Å². The second-order valence-corrected chi connectivity index (χ2v) is 2.19. The van der Waals surface area contributed by atoms with Gasteiger partial charge in [0.2, 0.25) is 0 Å². The lowest BCUT2D eigenvalue weighted by Crippen LogP contribution is -1.99. The van der Waals surface area contributed by atoms with Gasteiger partial charge in [-0.3, -0.25) is 0 Å². The molecule has 0 heteroatoms. The molecule has 0 N–H and O–H groups in total. The fourth-order valence-corrected chi connectivity index (χ4v) is 1.10. The topological polar surface area (TPSA) is 0 Å². The Morgan fingerprint density at radius 3 is 2.50 bits per heavy atom. The van der Waals surface area contributed by atoms with Crippen molar-refractivity contribution in [3.05, 3.63) is 23.8 Å². The fraction of sp³-hybridized carbons (Fsp3) is 0.500. The number of hydrogen-bond acceptors (Lipinski definition) is 0. The summed E-state index contributed by atoms with van der Waals surface area (Å²) in [6.45, 7) is 5.93. The van der Waals surface area contributed by atoms with Gasteiger partial charge in [-0.05, 0) is 24.8 Å². The fourth-order valence-electron chi connectivity index (χ4n) is 1.10. The molecule has 0 atom stereocenters. The van der Waals surface area contributed by atoms with E-state index < -0.39 is 0 Å². The molecule has 0 amide bonds. The van der Waals surface area contributed by atoms with Crippen molar-refractivity contribution in [2.75, 3.05) is 0 Å². The van der Waals surface area contributed by atoms with E-state index in [2.05, 4.69) is 13.5 Å². The molecule has 0 aromatic carbocycles. The molecule has 0 spiro atoms. The molecular formula is C8H12. The first-order valence-electron chi connectivity index (χ1n) is 3.21. The summed E-state index contributed by atoms with van der Waals surface area (Å²) in [5.74, 6) is 0. The molecule has 0 nitrogen and oxygen atoms in total. The van der Waals surface area contributed by atoms with Gasteiger partial charge in [0.05, 0.1) is 0 Å². The summed E-state index contributed by atoms with van der Waals surface area (Å²) in [7, 11) is 0. The van der Waals surface area contributed by atoms with Crippen LogP contribution in [0.15, 0.2) is 23.8 Å². The Labute approximate surface area is 50.9 Å². The highest BCUT2D eigenvalue weighted by molar-refractivity contribution is 5.32. The molecule has 0 radical (unpaired) electrons. The molecule has 0 aromatic heterocycles. The lowest BCUT2D eigenvalue weighted by atomic mass is 9.87. The van der Waals surface area contributed by atoms with E-state index in [1.807, 2.05) is 6.08 Å². The van der Waals surface area contributed by atoms with Crippen LogP contribution in [-0.2, 0) is 0 Å². The maximum absolute atomic E-state index is 3.72. The maximum Gasteiger partial charge on any atom is -0.0242 e. The van der Waals surface area contributed by atoms with Gasteiger partial charge in [0.25, 0.3) is 0 Å². The standard InChI is InChI=1S/C8H12/c1-3-7-5-6-8(7)4-2/h3H,1,4-6H2,2H3. The van der Waals surface area contributed by atoms with Crippen LogP contribution in [0.25, 0.3) is 0 Å². The monoisotopic (exact) mass is 108 g/mol. The van der Waals surface area contributed by atoms with Gasteiger partial charge < -0.3 is 0 Å². The third-order valence-electron chi connectivity index (χ3n) is 1.82. The molecule has 0 heterocycles. The van der Waals surface area contributed by atoms with Crippen LogP contribution in [0.5, 0.6) is 0 Å². The van der Waals surface area contributed by atoms with Gasteiger partial charge in [-0.15, -0.1) is 0 Å². The highest BCUT2D eigenvalue weighted by Crippen LogP contribution is 2.30. The van der Waals surface area contributed by atoms with Gasteiger partial charge in [-0.2, -0.15) is 0 Å². The lowest BCUT2D eigenvalue weighted by molar-refractivity contribution is 0.777. The molecule has 0 aliphatic heterocycles. The summed E-state index contributed by atoms with van der Waals surface area (Å²) in [4.78, 5) is 0. The molecule has 0 saturated carbocycles. The Morgan fingerprint density at radius 1 is 1.62 bits per heavy atom. The maximum atomic E-state index is 3.72. The minimum absolute atomic E-state index is 1.22. The van der Waals surface area contributed by atoms with E-state index in [1.165, 1.54) is 24.8 Å². The molecule has 1 rings (SSSR count). The van der Waals surface area contributed by atoms with Gasteiger partial charge >= 0.3 is 0 Å².